The van der Waals surface area contributed by atoms with Gasteiger partial charge in [0.25, 0.3) is 5.91 Å². The summed E-state index contributed by atoms with van der Waals surface area (Å²) >= 11 is 0. The second-order valence-electron chi connectivity index (χ2n) is 7.78. The number of aromatic nitrogens is 3. The Morgan fingerprint density at radius 1 is 1.12 bits per heavy atom. The number of anilines is 3. The summed E-state index contributed by atoms with van der Waals surface area (Å²) in [7, 11) is 0. The van der Waals surface area contributed by atoms with Crippen LogP contribution in [0.4, 0.5) is 30.4 Å². The molecule has 4 N–H and O–H groups in total. The van der Waals surface area contributed by atoms with E-state index in [1.807, 2.05) is 4.90 Å². The van der Waals surface area contributed by atoms with Crippen LogP contribution < -0.4 is 16.0 Å². The van der Waals surface area contributed by atoms with Crippen LogP contribution in [0.2, 0.25) is 0 Å². The predicted molar refractivity (Wildman–Crippen MR) is 119 cm³/mol. The van der Waals surface area contributed by atoms with E-state index in [0.717, 1.165) is 23.3 Å². The minimum Gasteiger partial charge on any atom is -0.380 e. The number of carbonyl (C=O) groups excluding carboxylic acids is 1. The fourth-order valence-corrected chi connectivity index (χ4v) is 3.83. The number of nitrogens with two attached hydrogens (primary N) is 1. The molecule has 9 nitrogen and oxygen atoms in total. The maximum absolute atomic E-state index is 13.4. The van der Waals surface area contributed by atoms with Crippen LogP contribution in [0.5, 0.6) is 0 Å². The van der Waals surface area contributed by atoms with Gasteiger partial charge in [0, 0.05) is 30.4 Å². The molecule has 3 heterocycles. The smallest absolute Gasteiger partial charge is 0.380 e. The van der Waals surface area contributed by atoms with Crippen molar-refractivity contribution in [2.45, 2.75) is 19.0 Å². The normalized spacial score (nSPS) is 14.2. The van der Waals surface area contributed by atoms with Crippen LogP contribution in [0.25, 0.3) is 16.7 Å². The number of carbonyl (C=O) groups is 1. The molecule has 0 atom stereocenters. The zero-order valence-electron chi connectivity index (χ0n) is 17.6. The summed E-state index contributed by atoms with van der Waals surface area (Å²) in [6.45, 7) is 0.741. The summed E-state index contributed by atoms with van der Waals surface area (Å²) in [5.41, 5.74) is 5.96. The second-order valence-corrected chi connectivity index (χ2v) is 7.78. The molecule has 12 heteroatoms. The van der Waals surface area contributed by atoms with E-state index in [1.54, 1.807) is 24.3 Å². The second kappa shape index (κ2) is 7.90. The first-order chi connectivity index (χ1) is 16.2. The number of hydrogen-bond donors (Lipinski definition) is 3. The summed E-state index contributed by atoms with van der Waals surface area (Å²) < 4.78 is 46.1. The van der Waals surface area contributed by atoms with Gasteiger partial charge in [-0.2, -0.15) is 18.3 Å². The van der Waals surface area contributed by atoms with E-state index in [2.05, 4.69) is 15.6 Å². The highest BCUT2D eigenvalue weighted by atomic mass is 19.4. The van der Waals surface area contributed by atoms with E-state index in [0.29, 0.717) is 35.0 Å². The maximum atomic E-state index is 13.4. The molecule has 34 heavy (non-hydrogen) atoms. The number of halogens is 3. The van der Waals surface area contributed by atoms with Gasteiger partial charge in [0.2, 0.25) is 0 Å². The van der Waals surface area contributed by atoms with E-state index in [1.165, 1.54) is 18.2 Å². The molecule has 0 saturated carbocycles. The van der Waals surface area contributed by atoms with Crippen molar-refractivity contribution >= 4 is 39.9 Å². The fourth-order valence-electron chi connectivity index (χ4n) is 3.83. The van der Waals surface area contributed by atoms with Crippen LogP contribution in [0.1, 0.15) is 29.0 Å². The molecule has 174 valence electrons. The summed E-state index contributed by atoms with van der Waals surface area (Å²) in [4.78, 5) is 14.8. The van der Waals surface area contributed by atoms with Gasteiger partial charge in [0.15, 0.2) is 17.1 Å². The van der Waals surface area contributed by atoms with Crippen molar-refractivity contribution in [2.75, 3.05) is 22.5 Å². The monoisotopic (exact) mass is 469 g/mol. The Morgan fingerprint density at radius 2 is 1.85 bits per heavy atom. The highest BCUT2D eigenvalue weighted by Crippen LogP contribution is 2.31. The highest BCUT2D eigenvalue weighted by molar-refractivity contribution is 6.04. The Bertz CT molecular complexity index is 1410. The number of nitrogens with zero attached hydrogens (tertiary/aromatic N) is 4. The molecule has 1 fully saturated rings. The number of amidine groups is 1. The van der Waals surface area contributed by atoms with Crippen molar-refractivity contribution < 1.29 is 22.5 Å². The van der Waals surface area contributed by atoms with Crippen LogP contribution in [-0.2, 0) is 6.18 Å². The van der Waals surface area contributed by atoms with Gasteiger partial charge < -0.3 is 20.5 Å². The zero-order valence-corrected chi connectivity index (χ0v) is 17.6. The lowest BCUT2D eigenvalue weighted by Crippen LogP contribution is -2.23. The Balaban J connectivity index is 1.47. The lowest BCUT2D eigenvalue weighted by molar-refractivity contribution is -0.141. The standard InChI is InChI=1S/C22H18F3N7O2/c23-22(24,25)18-11-16(32(29-18)14-7-8-17-15(10-14)20(27)30-34-17)21(33)28-12-3-5-13(6-4-12)31-9-1-2-19(31)26/h3-8,10-11,26H,1-2,9H2,(H2,27,30)(H,28,33). The topological polar surface area (TPSA) is 126 Å². The van der Waals surface area contributed by atoms with Crippen molar-refractivity contribution in [3.63, 3.8) is 0 Å². The average Bonchev–Trinajstić information content (AvgIpc) is 3.52. The largest absolute Gasteiger partial charge is 0.435 e. The number of nitrogens with one attached hydrogen (secondary N) is 2. The van der Waals surface area contributed by atoms with Crippen molar-refractivity contribution in [2.24, 2.45) is 0 Å². The molecule has 5 rings (SSSR count). The van der Waals surface area contributed by atoms with Crippen LogP contribution in [-0.4, -0.2) is 33.2 Å². The molecule has 2 aromatic heterocycles. The van der Waals surface area contributed by atoms with E-state index in [4.69, 9.17) is 15.7 Å². The molecule has 0 bridgehead atoms. The van der Waals surface area contributed by atoms with Gasteiger partial charge in [-0.25, -0.2) is 4.68 Å². The maximum Gasteiger partial charge on any atom is 0.435 e. The molecule has 1 amide bonds. The molecule has 2 aromatic carbocycles. The minimum absolute atomic E-state index is 0.0669. The Kier molecular flexibility index (Phi) is 5.00. The number of amides is 1. The van der Waals surface area contributed by atoms with Crippen LogP contribution in [0.15, 0.2) is 53.1 Å². The Labute approximate surface area is 190 Å². The molecular weight excluding hydrogens is 451 g/mol. The average molecular weight is 469 g/mol. The SMILES string of the molecule is N=C1CCCN1c1ccc(NC(=O)c2cc(C(F)(F)F)nn2-c2ccc3onc(N)c3c2)cc1. The number of alkyl halides is 3. The number of rotatable bonds is 4. The van der Waals surface area contributed by atoms with Crippen LogP contribution >= 0.6 is 0 Å². The molecule has 4 aromatic rings. The third kappa shape index (κ3) is 3.83. The third-order valence-corrected chi connectivity index (χ3v) is 5.52. The lowest BCUT2D eigenvalue weighted by atomic mass is 10.2. The number of fused-ring (bicyclic) bond motifs is 1. The summed E-state index contributed by atoms with van der Waals surface area (Å²) in [5, 5.41) is 18.2. The van der Waals surface area contributed by atoms with E-state index in [9.17, 15) is 18.0 Å². The van der Waals surface area contributed by atoms with Gasteiger partial charge in [-0.1, -0.05) is 5.16 Å². The van der Waals surface area contributed by atoms with Gasteiger partial charge in [-0.3, -0.25) is 10.2 Å². The van der Waals surface area contributed by atoms with Gasteiger partial charge >= 0.3 is 6.18 Å². The predicted octanol–water partition coefficient (Wildman–Crippen LogP) is 4.44. The summed E-state index contributed by atoms with van der Waals surface area (Å²) in [6, 6.07) is 11.8. The van der Waals surface area contributed by atoms with Crippen molar-refractivity contribution in [3.05, 3.63) is 59.9 Å². The van der Waals surface area contributed by atoms with E-state index < -0.39 is 17.8 Å². The molecular formula is C22H18F3N7O2. The lowest BCUT2D eigenvalue weighted by Gasteiger charge is -2.18. The van der Waals surface area contributed by atoms with Gasteiger partial charge in [-0.15, -0.1) is 0 Å². The van der Waals surface area contributed by atoms with E-state index in [-0.39, 0.29) is 17.2 Å². The first kappa shape index (κ1) is 21.5. The summed E-state index contributed by atoms with van der Waals surface area (Å²) in [6.07, 6.45) is -3.14. The van der Waals surface area contributed by atoms with Gasteiger partial charge in [0.1, 0.15) is 11.5 Å². The molecule has 0 unspecified atom stereocenters. The minimum atomic E-state index is -4.75. The number of nitrogen functional groups attached to an aromatic ring is 1. The molecule has 1 aliphatic rings. The molecule has 1 aliphatic heterocycles. The number of hydrogen-bond acceptors (Lipinski definition) is 6. The van der Waals surface area contributed by atoms with Crippen LogP contribution in [0.3, 0.4) is 0 Å². The highest BCUT2D eigenvalue weighted by Gasteiger charge is 2.36. The number of benzene rings is 2. The van der Waals surface area contributed by atoms with Crippen molar-refractivity contribution in [3.8, 4) is 5.69 Å². The first-order valence-electron chi connectivity index (χ1n) is 10.3. The van der Waals surface area contributed by atoms with E-state index >= 15 is 0 Å². The van der Waals surface area contributed by atoms with Crippen molar-refractivity contribution in [1.82, 2.24) is 14.9 Å². The molecule has 1 saturated heterocycles. The first-order valence-corrected chi connectivity index (χ1v) is 10.3. The Morgan fingerprint density at radius 3 is 2.53 bits per heavy atom. The summed E-state index contributed by atoms with van der Waals surface area (Å²) in [5.74, 6) is -0.189. The van der Waals surface area contributed by atoms with Crippen LogP contribution in [0, 0.1) is 5.41 Å². The molecule has 0 spiro atoms. The fraction of sp³-hybridized carbons (Fsp3) is 0.182. The van der Waals surface area contributed by atoms with Crippen molar-refractivity contribution in [1.29, 1.82) is 5.41 Å². The third-order valence-electron chi connectivity index (χ3n) is 5.52. The Hall–Kier alpha value is -4.35. The van der Waals surface area contributed by atoms with Gasteiger partial charge in [0.05, 0.1) is 11.1 Å². The molecule has 0 radical (unpaired) electrons. The molecule has 0 aliphatic carbocycles. The van der Waals surface area contributed by atoms with Gasteiger partial charge in [-0.05, 0) is 48.9 Å². The quantitative estimate of drug-likeness (QED) is 0.406. The zero-order chi connectivity index (χ0) is 24.0.